The van der Waals surface area contributed by atoms with Gasteiger partial charge in [-0.25, -0.2) is 0 Å². The molecule has 0 amide bonds. The highest BCUT2D eigenvalue weighted by Gasteiger charge is 2.52. The molecular weight excluding hydrogens is 228 g/mol. The monoisotopic (exact) mass is 244 g/mol. The van der Waals surface area contributed by atoms with Gasteiger partial charge in [-0.05, 0) is 5.56 Å². The first-order valence-corrected chi connectivity index (χ1v) is 4.90. The summed E-state index contributed by atoms with van der Waals surface area (Å²) in [5.74, 6) is -5.63. The Labute approximate surface area is 99.0 Å². The van der Waals surface area contributed by atoms with Crippen LogP contribution in [-0.2, 0) is 20.8 Å². The van der Waals surface area contributed by atoms with Gasteiger partial charge in [-0.2, -0.15) is 0 Å². The van der Waals surface area contributed by atoms with Gasteiger partial charge >= 0.3 is 11.9 Å². The first-order chi connectivity index (χ1) is 7.95. The van der Waals surface area contributed by atoms with Crippen molar-refractivity contribution in [2.45, 2.75) is 18.6 Å². The number of ether oxygens (including phenoxy) is 3. The highest BCUT2D eigenvalue weighted by molar-refractivity contribution is 5.13. The average molecular weight is 244 g/mol. The molecule has 6 nitrogen and oxygen atoms in total. The second-order valence-corrected chi connectivity index (χ2v) is 3.37. The largest absolute Gasteiger partial charge is 0.366 e. The number of methoxy groups -OCH3 is 2. The maximum absolute atomic E-state index is 9.57. The molecule has 0 saturated carbocycles. The average Bonchev–Trinajstić information content (AvgIpc) is 2.36. The summed E-state index contributed by atoms with van der Waals surface area (Å²) >= 11 is 0. The van der Waals surface area contributed by atoms with Gasteiger partial charge in [0.15, 0.2) is 0 Å². The quantitative estimate of drug-likeness (QED) is 0.600. The number of hydrogen-bond donors (Lipinski definition) is 3. The minimum Gasteiger partial charge on any atom is -0.337 e. The van der Waals surface area contributed by atoms with E-state index in [1.54, 1.807) is 24.3 Å². The van der Waals surface area contributed by atoms with E-state index in [-0.39, 0.29) is 6.61 Å². The third kappa shape index (κ3) is 3.22. The van der Waals surface area contributed by atoms with Crippen LogP contribution >= 0.6 is 0 Å². The SMILES string of the molecule is COC(O)(OC)C(O)(O)OCc1ccccc1. The molecule has 0 radical (unpaired) electrons. The van der Waals surface area contributed by atoms with Crippen molar-refractivity contribution in [3.05, 3.63) is 35.9 Å². The van der Waals surface area contributed by atoms with Crippen LogP contribution in [0.1, 0.15) is 5.56 Å². The second-order valence-electron chi connectivity index (χ2n) is 3.37. The molecule has 0 fully saturated rings. The fourth-order valence-corrected chi connectivity index (χ4v) is 1.20. The van der Waals surface area contributed by atoms with Gasteiger partial charge in [0.1, 0.15) is 0 Å². The van der Waals surface area contributed by atoms with E-state index in [1.807, 2.05) is 6.07 Å². The van der Waals surface area contributed by atoms with Gasteiger partial charge in [0.05, 0.1) is 6.61 Å². The van der Waals surface area contributed by atoms with Crippen molar-refractivity contribution in [1.82, 2.24) is 0 Å². The van der Waals surface area contributed by atoms with E-state index in [9.17, 15) is 15.3 Å². The van der Waals surface area contributed by atoms with Gasteiger partial charge in [-0.1, -0.05) is 30.3 Å². The van der Waals surface area contributed by atoms with E-state index < -0.39 is 11.9 Å². The van der Waals surface area contributed by atoms with E-state index in [0.717, 1.165) is 14.2 Å². The minimum atomic E-state index is -2.98. The lowest BCUT2D eigenvalue weighted by Gasteiger charge is -2.34. The fraction of sp³-hybridized carbons (Fsp3) is 0.455. The van der Waals surface area contributed by atoms with Gasteiger partial charge in [0, 0.05) is 14.2 Å². The zero-order valence-corrected chi connectivity index (χ0v) is 9.66. The van der Waals surface area contributed by atoms with Crippen molar-refractivity contribution in [1.29, 1.82) is 0 Å². The van der Waals surface area contributed by atoms with E-state index in [4.69, 9.17) is 4.74 Å². The molecule has 96 valence electrons. The van der Waals surface area contributed by atoms with Gasteiger partial charge < -0.3 is 29.5 Å². The Bertz CT molecular complexity index is 333. The van der Waals surface area contributed by atoms with Crippen LogP contribution in [0.15, 0.2) is 30.3 Å². The van der Waals surface area contributed by atoms with Crippen LogP contribution in [-0.4, -0.2) is 41.5 Å². The van der Waals surface area contributed by atoms with E-state index in [1.165, 1.54) is 0 Å². The van der Waals surface area contributed by atoms with Crippen molar-refractivity contribution in [2.24, 2.45) is 0 Å². The molecule has 0 aliphatic heterocycles. The molecule has 0 saturated heterocycles. The Morgan fingerprint density at radius 3 is 2.00 bits per heavy atom. The lowest BCUT2D eigenvalue weighted by Crippen LogP contribution is -2.58. The van der Waals surface area contributed by atoms with E-state index >= 15 is 0 Å². The van der Waals surface area contributed by atoms with Crippen molar-refractivity contribution in [3.63, 3.8) is 0 Å². The molecule has 0 spiro atoms. The molecule has 1 aromatic carbocycles. The summed E-state index contributed by atoms with van der Waals surface area (Å²) in [7, 11) is 2.10. The van der Waals surface area contributed by atoms with Crippen LogP contribution in [0.5, 0.6) is 0 Å². The highest BCUT2D eigenvalue weighted by Crippen LogP contribution is 2.24. The summed E-state index contributed by atoms with van der Waals surface area (Å²) < 4.78 is 13.7. The smallest absolute Gasteiger partial charge is 0.337 e. The fourth-order valence-electron chi connectivity index (χ4n) is 1.20. The predicted octanol–water partition coefficient (Wildman–Crippen LogP) is -0.220. The molecular formula is C11H16O6. The molecule has 3 N–H and O–H groups in total. The number of hydrogen-bond acceptors (Lipinski definition) is 6. The molecule has 0 atom stereocenters. The third-order valence-electron chi connectivity index (χ3n) is 2.25. The van der Waals surface area contributed by atoms with Crippen LogP contribution in [0.2, 0.25) is 0 Å². The molecule has 17 heavy (non-hydrogen) atoms. The van der Waals surface area contributed by atoms with Crippen molar-refractivity contribution >= 4 is 0 Å². The molecule has 6 heteroatoms. The molecule has 0 heterocycles. The van der Waals surface area contributed by atoms with Crippen molar-refractivity contribution < 1.29 is 29.5 Å². The topological polar surface area (TPSA) is 88.4 Å². The predicted molar refractivity (Wildman–Crippen MR) is 57.4 cm³/mol. The lowest BCUT2D eigenvalue weighted by molar-refractivity contribution is -0.532. The van der Waals surface area contributed by atoms with Crippen LogP contribution < -0.4 is 0 Å². The van der Waals surface area contributed by atoms with E-state index in [2.05, 4.69) is 9.47 Å². The summed E-state index contributed by atoms with van der Waals surface area (Å²) in [4.78, 5) is 0. The Hall–Kier alpha value is -1.02. The van der Waals surface area contributed by atoms with Gasteiger partial charge in [0.25, 0.3) is 0 Å². The lowest BCUT2D eigenvalue weighted by atomic mass is 10.2. The summed E-state index contributed by atoms with van der Waals surface area (Å²) in [6, 6.07) is 8.82. The molecule has 0 aliphatic rings. The second kappa shape index (κ2) is 5.54. The molecule has 1 aromatic rings. The Morgan fingerprint density at radius 1 is 1.00 bits per heavy atom. The van der Waals surface area contributed by atoms with Gasteiger partial charge in [0.2, 0.25) is 0 Å². The molecule has 0 unspecified atom stereocenters. The van der Waals surface area contributed by atoms with Crippen molar-refractivity contribution in [2.75, 3.05) is 14.2 Å². The number of benzene rings is 1. The Morgan fingerprint density at radius 2 is 1.53 bits per heavy atom. The number of aliphatic hydroxyl groups is 3. The van der Waals surface area contributed by atoms with Crippen molar-refractivity contribution in [3.8, 4) is 0 Å². The van der Waals surface area contributed by atoms with Crippen LogP contribution in [0.3, 0.4) is 0 Å². The molecule has 0 aromatic heterocycles. The van der Waals surface area contributed by atoms with Crippen LogP contribution in [0.25, 0.3) is 0 Å². The maximum atomic E-state index is 9.57. The Kier molecular flexibility index (Phi) is 4.58. The van der Waals surface area contributed by atoms with E-state index in [0.29, 0.717) is 5.56 Å². The zero-order chi connectivity index (χ0) is 12.9. The minimum absolute atomic E-state index is 0.122. The highest BCUT2D eigenvalue weighted by atomic mass is 16.9. The molecule has 1 rings (SSSR count). The van der Waals surface area contributed by atoms with Crippen LogP contribution in [0.4, 0.5) is 0 Å². The number of rotatable bonds is 6. The molecule has 0 aliphatic carbocycles. The van der Waals surface area contributed by atoms with Gasteiger partial charge in [-0.15, -0.1) is 0 Å². The van der Waals surface area contributed by atoms with Crippen LogP contribution in [0, 0.1) is 0 Å². The summed E-state index contributed by atoms with van der Waals surface area (Å²) in [6.45, 7) is -0.122. The normalized spacial score (nSPS) is 12.8. The Balaban J connectivity index is 2.67. The summed E-state index contributed by atoms with van der Waals surface area (Å²) in [5, 5.41) is 28.6. The first-order valence-electron chi connectivity index (χ1n) is 4.90. The van der Waals surface area contributed by atoms with Gasteiger partial charge in [-0.3, -0.25) is 0 Å². The molecule has 0 bridgehead atoms. The maximum Gasteiger partial charge on any atom is 0.366 e. The first kappa shape index (κ1) is 14.0. The summed E-state index contributed by atoms with van der Waals surface area (Å²) in [5.41, 5.74) is 0.703. The zero-order valence-electron chi connectivity index (χ0n) is 9.66. The standard InChI is InChI=1S/C11H16O6/c1-15-11(14,16-2)10(12,13)17-8-9-6-4-3-5-7-9/h3-7,12-14H,8H2,1-2H3. The summed E-state index contributed by atoms with van der Waals surface area (Å²) in [6.07, 6.45) is 0. The third-order valence-corrected chi connectivity index (χ3v) is 2.25.